The van der Waals surface area contributed by atoms with Gasteiger partial charge in [-0.15, -0.1) is 5.10 Å². The van der Waals surface area contributed by atoms with Gasteiger partial charge < -0.3 is 5.32 Å². The van der Waals surface area contributed by atoms with Gasteiger partial charge in [0.1, 0.15) is 0 Å². The molecule has 0 fully saturated rings. The molecule has 0 saturated carbocycles. The molecule has 18 heavy (non-hydrogen) atoms. The predicted molar refractivity (Wildman–Crippen MR) is 70.7 cm³/mol. The quantitative estimate of drug-likeness (QED) is 0.428. The van der Waals surface area contributed by atoms with E-state index < -0.39 is 0 Å². The summed E-state index contributed by atoms with van der Waals surface area (Å²) < 4.78 is 1.70. The number of aromatic nitrogens is 5. The highest BCUT2D eigenvalue weighted by atomic mass is 32.2. The van der Waals surface area contributed by atoms with Crippen LogP contribution in [0.2, 0.25) is 0 Å². The molecule has 1 aromatic carbocycles. The van der Waals surface area contributed by atoms with E-state index >= 15 is 0 Å². The van der Waals surface area contributed by atoms with Crippen LogP contribution < -0.4 is 5.32 Å². The molecule has 0 unspecified atom stereocenters. The zero-order chi connectivity index (χ0) is 12.4. The molecule has 0 aliphatic rings. The summed E-state index contributed by atoms with van der Waals surface area (Å²) in [4.78, 5) is 4.60. The molecule has 0 amide bonds. The van der Waals surface area contributed by atoms with E-state index in [1.807, 2.05) is 31.3 Å². The third kappa shape index (κ3) is 1.91. The van der Waals surface area contributed by atoms with Crippen molar-refractivity contribution < 1.29 is 0 Å². The molecule has 3 rings (SSSR count). The van der Waals surface area contributed by atoms with Crippen LogP contribution in [0.3, 0.4) is 0 Å². The Morgan fingerprint density at radius 2 is 2.22 bits per heavy atom. The fourth-order valence-corrected chi connectivity index (χ4v) is 2.63. The number of para-hydroxylation sites is 1. The molecule has 0 saturated heterocycles. The minimum Gasteiger partial charge on any atom is -0.319 e. The number of hydrogen-bond donors (Lipinski definition) is 1. The van der Waals surface area contributed by atoms with Crippen LogP contribution in [0, 0.1) is 0 Å². The van der Waals surface area contributed by atoms with Gasteiger partial charge in [0.25, 0.3) is 0 Å². The molecular weight excluding hydrogens is 248 g/mol. The van der Waals surface area contributed by atoms with Gasteiger partial charge in [-0.25, -0.2) is 4.98 Å². The van der Waals surface area contributed by atoms with Gasteiger partial charge in [0.2, 0.25) is 0 Å². The van der Waals surface area contributed by atoms with Crippen molar-refractivity contribution >= 4 is 28.3 Å². The van der Waals surface area contributed by atoms with E-state index in [1.54, 1.807) is 16.3 Å². The summed E-state index contributed by atoms with van der Waals surface area (Å²) in [5.74, 6) is 0.927. The second-order valence-corrected chi connectivity index (χ2v) is 4.84. The lowest BCUT2D eigenvalue weighted by Crippen LogP contribution is -2.10. The van der Waals surface area contributed by atoms with E-state index in [9.17, 15) is 0 Å². The van der Waals surface area contributed by atoms with E-state index in [4.69, 9.17) is 0 Å². The van der Waals surface area contributed by atoms with Gasteiger partial charge in [-0.05, 0) is 29.6 Å². The smallest absolute Gasteiger partial charge is 0.193 e. The van der Waals surface area contributed by atoms with Crippen molar-refractivity contribution in [3.63, 3.8) is 0 Å². The standard InChI is InChI=1S/C11H12N6S/c1-12-6-7-18-11-13-9-5-3-2-4-8(9)10-14-15-16-17(10)11/h2-5,12H,6-7H2,1H3. The number of nitrogens with one attached hydrogen (secondary N) is 1. The molecule has 0 aliphatic carbocycles. The first-order chi connectivity index (χ1) is 8.90. The minimum absolute atomic E-state index is 0.757. The van der Waals surface area contributed by atoms with Crippen molar-refractivity contribution in [3.05, 3.63) is 24.3 Å². The van der Waals surface area contributed by atoms with E-state index in [0.717, 1.165) is 34.0 Å². The van der Waals surface area contributed by atoms with Gasteiger partial charge in [-0.2, -0.15) is 4.52 Å². The Morgan fingerprint density at radius 3 is 3.11 bits per heavy atom. The SMILES string of the molecule is CNCCSc1nc2ccccc2c2nnnn12. The first-order valence-electron chi connectivity index (χ1n) is 5.64. The second kappa shape index (κ2) is 4.87. The van der Waals surface area contributed by atoms with Crippen molar-refractivity contribution in [2.75, 3.05) is 19.3 Å². The van der Waals surface area contributed by atoms with Gasteiger partial charge in [-0.1, -0.05) is 23.9 Å². The second-order valence-electron chi connectivity index (χ2n) is 3.78. The van der Waals surface area contributed by atoms with E-state index in [1.165, 1.54) is 0 Å². The molecule has 2 heterocycles. The molecule has 3 aromatic rings. The number of nitrogens with zero attached hydrogens (tertiary/aromatic N) is 5. The first-order valence-corrected chi connectivity index (χ1v) is 6.63. The summed E-state index contributed by atoms with van der Waals surface area (Å²) in [5, 5.41) is 16.7. The molecule has 1 N–H and O–H groups in total. The molecule has 0 radical (unpaired) electrons. The normalized spacial score (nSPS) is 11.4. The van der Waals surface area contributed by atoms with Crippen molar-refractivity contribution in [2.45, 2.75) is 5.16 Å². The van der Waals surface area contributed by atoms with Crippen LogP contribution in [0.15, 0.2) is 29.4 Å². The lowest BCUT2D eigenvalue weighted by molar-refractivity contribution is 0.741. The topological polar surface area (TPSA) is 68.0 Å². The lowest BCUT2D eigenvalue weighted by atomic mass is 10.2. The first kappa shape index (κ1) is 11.4. The fraction of sp³-hybridized carbons (Fsp3) is 0.273. The Morgan fingerprint density at radius 1 is 1.33 bits per heavy atom. The van der Waals surface area contributed by atoms with Crippen LogP contribution in [0.4, 0.5) is 0 Å². The molecule has 92 valence electrons. The summed E-state index contributed by atoms with van der Waals surface area (Å²) in [6.07, 6.45) is 0. The van der Waals surface area contributed by atoms with E-state index in [2.05, 4.69) is 25.8 Å². The zero-order valence-electron chi connectivity index (χ0n) is 9.87. The maximum absolute atomic E-state index is 4.60. The summed E-state index contributed by atoms with van der Waals surface area (Å²) in [7, 11) is 1.93. The van der Waals surface area contributed by atoms with E-state index in [0.29, 0.717) is 0 Å². The van der Waals surface area contributed by atoms with Gasteiger partial charge in [0, 0.05) is 17.7 Å². The highest BCUT2D eigenvalue weighted by Crippen LogP contribution is 2.22. The van der Waals surface area contributed by atoms with Crippen molar-refractivity contribution in [3.8, 4) is 0 Å². The van der Waals surface area contributed by atoms with E-state index in [-0.39, 0.29) is 0 Å². The summed E-state index contributed by atoms with van der Waals surface area (Å²) >= 11 is 1.64. The maximum atomic E-state index is 4.60. The largest absolute Gasteiger partial charge is 0.319 e. The average molecular weight is 260 g/mol. The van der Waals surface area contributed by atoms with Gasteiger partial charge >= 0.3 is 0 Å². The van der Waals surface area contributed by atoms with Crippen molar-refractivity contribution in [2.24, 2.45) is 0 Å². The van der Waals surface area contributed by atoms with Gasteiger partial charge in [0.15, 0.2) is 10.8 Å². The zero-order valence-corrected chi connectivity index (χ0v) is 10.7. The minimum atomic E-state index is 0.757. The number of tetrazole rings is 1. The lowest BCUT2D eigenvalue weighted by Gasteiger charge is -2.04. The number of hydrogen-bond acceptors (Lipinski definition) is 6. The van der Waals surface area contributed by atoms with Crippen LogP contribution in [-0.2, 0) is 0 Å². The Balaban J connectivity index is 2.13. The molecule has 7 heteroatoms. The molecular formula is C11H12N6S. The molecule has 0 bridgehead atoms. The van der Waals surface area contributed by atoms with Crippen molar-refractivity contribution in [1.29, 1.82) is 0 Å². The molecule has 0 atom stereocenters. The molecule has 0 spiro atoms. The number of rotatable bonds is 4. The Kier molecular flexibility index (Phi) is 3.07. The van der Waals surface area contributed by atoms with Crippen LogP contribution in [0.25, 0.3) is 16.6 Å². The fourth-order valence-electron chi connectivity index (χ4n) is 1.73. The third-order valence-corrected chi connectivity index (χ3v) is 3.53. The summed E-state index contributed by atoms with van der Waals surface area (Å²) in [5.41, 5.74) is 1.68. The molecule has 2 aromatic heterocycles. The van der Waals surface area contributed by atoms with Crippen LogP contribution in [0.5, 0.6) is 0 Å². The summed E-state index contributed by atoms with van der Waals surface area (Å²) in [6, 6.07) is 7.90. The average Bonchev–Trinajstić information content (AvgIpc) is 2.89. The number of fused-ring (bicyclic) bond motifs is 3. The molecule has 6 nitrogen and oxygen atoms in total. The number of thioether (sulfide) groups is 1. The number of benzene rings is 1. The van der Waals surface area contributed by atoms with Crippen LogP contribution >= 0.6 is 11.8 Å². The van der Waals surface area contributed by atoms with Crippen LogP contribution in [-0.4, -0.2) is 44.4 Å². The van der Waals surface area contributed by atoms with Crippen LogP contribution in [0.1, 0.15) is 0 Å². The monoisotopic (exact) mass is 260 g/mol. The van der Waals surface area contributed by atoms with Gasteiger partial charge in [-0.3, -0.25) is 0 Å². The third-order valence-electron chi connectivity index (χ3n) is 2.59. The Hall–Kier alpha value is -1.73. The molecule has 0 aliphatic heterocycles. The highest BCUT2D eigenvalue weighted by molar-refractivity contribution is 7.99. The Bertz CT molecular complexity index is 679. The Labute approximate surface area is 108 Å². The summed E-state index contributed by atoms with van der Waals surface area (Å²) in [6.45, 7) is 0.919. The maximum Gasteiger partial charge on any atom is 0.193 e. The predicted octanol–water partition coefficient (Wildman–Crippen LogP) is 0.984. The van der Waals surface area contributed by atoms with Gasteiger partial charge in [0.05, 0.1) is 5.52 Å². The van der Waals surface area contributed by atoms with Crippen molar-refractivity contribution in [1.82, 2.24) is 30.3 Å². The highest BCUT2D eigenvalue weighted by Gasteiger charge is 2.10.